The molecule has 4 aliphatic rings. The molecule has 0 aromatic rings. The highest BCUT2D eigenvalue weighted by molar-refractivity contribution is 5.91. The maximum Gasteiger partial charge on any atom is 0.219 e. The van der Waals surface area contributed by atoms with E-state index in [4.69, 9.17) is 0 Å². The fourth-order valence-corrected chi connectivity index (χ4v) is 7.22. The maximum atomic E-state index is 12.0. The fourth-order valence-electron chi connectivity index (χ4n) is 7.22. The first-order valence-electron chi connectivity index (χ1n) is 10.5. The second kappa shape index (κ2) is 6.19. The summed E-state index contributed by atoms with van der Waals surface area (Å²) in [5, 5.41) is 14.5. The number of ketones is 1. The number of hydrogen-bond acceptors (Lipinski definition) is 3. The van der Waals surface area contributed by atoms with Gasteiger partial charge in [0.05, 0.1) is 6.10 Å². The Morgan fingerprint density at radius 3 is 2.77 bits per heavy atom. The molecule has 7 atom stereocenters. The minimum Gasteiger partial charge on any atom is -0.393 e. The Morgan fingerprint density at radius 1 is 1.27 bits per heavy atom. The van der Waals surface area contributed by atoms with Gasteiger partial charge >= 0.3 is 0 Å². The summed E-state index contributed by atoms with van der Waals surface area (Å²) in [6, 6.07) is 0.188. The maximum absolute atomic E-state index is 12.0. The van der Waals surface area contributed by atoms with Crippen molar-refractivity contribution in [2.45, 2.75) is 84.3 Å². The molecule has 4 heteroatoms. The van der Waals surface area contributed by atoms with Crippen LogP contribution in [0.2, 0.25) is 0 Å². The lowest BCUT2D eigenvalue weighted by Crippen LogP contribution is -2.59. The van der Waals surface area contributed by atoms with Gasteiger partial charge < -0.3 is 10.4 Å². The lowest BCUT2D eigenvalue weighted by atomic mass is 9.46. The topological polar surface area (TPSA) is 66.4 Å². The first-order valence-corrected chi connectivity index (χ1v) is 10.5. The van der Waals surface area contributed by atoms with E-state index in [9.17, 15) is 14.7 Å². The van der Waals surface area contributed by atoms with Crippen LogP contribution in [0.3, 0.4) is 0 Å². The van der Waals surface area contributed by atoms with Gasteiger partial charge in [-0.05, 0) is 73.2 Å². The molecular formula is C22H33NO3. The standard InChI is InChI=1S/C22H33NO3/c1-4-19(26)23-18-8-7-16-15-6-5-13-11-14(24)9-10-21(13,2)20(15)17(25)12-22(16,18)3/h11,15-18,20,25H,4-10,12H2,1-3H3,(H,23,26). The molecule has 144 valence electrons. The molecule has 0 saturated heterocycles. The monoisotopic (exact) mass is 359 g/mol. The number of amides is 1. The van der Waals surface area contributed by atoms with Crippen molar-refractivity contribution in [3.05, 3.63) is 11.6 Å². The summed E-state index contributed by atoms with van der Waals surface area (Å²) >= 11 is 0. The van der Waals surface area contributed by atoms with Crippen LogP contribution in [0.5, 0.6) is 0 Å². The van der Waals surface area contributed by atoms with Crippen LogP contribution in [0.1, 0.15) is 72.1 Å². The number of rotatable bonds is 2. The smallest absolute Gasteiger partial charge is 0.219 e. The predicted octanol–water partition coefficient (Wildman–Crippen LogP) is 3.38. The van der Waals surface area contributed by atoms with Gasteiger partial charge in [0.2, 0.25) is 5.91 Å². The average Bonchev–Trinajstić information content (AvgIpc) is 2.91. The Labute approximate surface area is 156 Å². The van der Waals surface area contributed by atoms with Gasteiger partial charge in [0, 0.05) is 18.9 Å². The van der Waals surface area contributed by atoms with Crippen LogP contribution >= 0.6 is 0 Å². The first-order chi connectivity index (χ1) is 12.3. The summed E-state index contributed by atoms with van der Waals surface area (Å²) in [5.74, 6) is 1.71. The molecule has 4 nitrogen and oxygen atoms in total. The van der Waals surface area contributed by atoms with Crippen molar-refractivity contribution in [1.82, 2.24) is 5.32 Å². The minimum absolute atomic E-state index is 0.00647. The van der Waals surface area contributed by atoms with Crippen LogP contribution in [0.4, 0.5) is 0 Å². The van der Waals surface area contributed by atoms with Crippen LogP contribution in [-0.4, -0.2) is 28.9 Å². The molecule has 2 N–H and O–H groups in total. The highest BCUT2D eigenvalue weighted by Crippen LogP contribution is 2.65. The number of nitrogens with one attached hydrogen (secondary N) is 1. The third kappa shape index (κ3) is 2.51. The number of aliphatic hydroxyl groups excluding tert-OH is 1. The van der Waals surface area contributed by atoms with E-state index >= 15 is 0 Å². The third-order valence-electron chi connectivity index (χ3n) is 8.55. The lowest BCUT2D eigenvalue weighted by molar-refractivity contribution is -0.134. The summed E-state index contributed by atoms with van der Waals surface area (Å²) in [6.07, 6.45) is 8.58. The van der Waals surface area contributed by atoms with Crippen molar-refractivity contribution in [2.75, 3.05) is 0 Å². The number of aliphatic hydroxyl groups is 1. The Kier molecular flexibility index (Phi) is 4.33. The Hall–Kier alpha value is -1.16. The second-order valence-electron chi connectivity index (χ2n) is 9.72. The Morgan fingerprint density at radius 2 is 2.04 bits per heavy atom. The molecule has 0 bridgehead atoms. The predicted molar refractivity (Wildman–Crippen MR) is 100 cm³/mol. The van der Waals surface area contributed by atoms with Crippen LogP contribution in [0.15, 0.2) is 11.6 Å². The van der Waals surface area contributed by atoms with Crippen LogP contribution in [-0.2, 0) is 9.59 Å². The van der Waals surface area contributed by atoms with E-state index in [1.165, 1.54) is 5.57 Å². The zero-order chi connectivity index (χ0) is 18.7. The molecule has 0 aromatic heterocycles. The number of carbonyl (C=O) groups excluding carboxylic acids is 2. The molecule has 0 heterocycles. The van der Waals surface area contributed by atoms with Gasteiger partial charge in [-0.1, -0.05) is 26.3 Å². The molecule has 3 saturated carbocycles. The molecule has 26 heavy (non-hydrogen) atoms. The second-order valence-corrected chi connectivity index (χ2v) is 9.72. The Balaban J connectivity index is 1.64. The Bertz CT molecular complexity index is 656. The molecule has 0 spiro atoms. The number of hydrogen-bond donors (Lipinski definition) is 2. The summed E-state index contributed by atoms with van der Waals surface area (Å²) in [4.78, 5) is 23.9. The van der Waals surface area contributed by atoms with Gasteiger partial charge in [-0.2, -0.15) is 0 Å². The fraction of sp³-hybridized carbons (Fsp3) is 0.818. The van der Waals surface area contributed by atoms with Crippen molar-refractivity contribution in [3.8, 4) is 0 Å². The van der Waals surface area contributed by atoms with E-state index in [-0.39, 0.29) is 40.6 Å². The highest BCUT2D eigenvalue weighted by Gasteiger charge is 2.62. The SMILES string of the molecule is CCC(=O)NC1CCC2C3CCC4=CC(=O)CCC4(C)C3C(O)CC12C. The average molecular weight is 360 g/mol. The van der Waals surface area contributed by atoms with E-state index in [1.54, 1.807) is 0 Å². The van der Waals surface area contributed by atoms with Crippen LogP contribution < -0.4 is 5.32 Å². The van der Waals surface area contributed by atoms with Gasteiger partial charge in [0.1, 0.15) is 0 Å². The largest absolute Gasteiger partial charge is 0.393 e. The van der Waals surface area contributed by atoms with Crippen molar-refractivity contribution in [3.63, 3.8) is 0 Å². The third-order valence-corrected chi connectivity index (χ3v) is 8.55. The van der Waals surface area contributed by atoms with Crippen molar-refractivity contribution in [1.29, 1.82) is 0 Å². The van der Waals surface area contributed by atoms with E-state index in [0.717, 1.165) is 38.5 Å². The van der Waals surface area contributed by atoms with E-state index in [2.05, 4.69) is 19.2 Å². The highest BCUT2D eigenvalue weighted by atomic mass is 16.3. The minimum atomic E-state index is -0.345. The quantitative estimate of drug-likeness (QED) is 0.794. The molecule has 0 radical (unpaired) electrons. The molecule has 0 aromatic carbocycles. The first kappa shape index (κ1) is 18.2. The van der Waals surface area contributed by atoms with Crippen molar-refractivity contribution >= 4 is 11.7 Å². The summed E-state index contributed by atoms with van der Waals surface area (Å²) < 4.78 is 0. The van der Waals surface area contributed by atoms with Gasteiger partial charge in [-0.25, -0.2) is 0 Å². The molecule has 4 rings (SSSR count). The van der Waals surface area contributed by atoms with Gasteiger partial charge in [0.15, 0.2) is 5.78 Å². The molecule has 4 aliphatic carbocycles. The normalized spacial score (nSPS) is 47.5. The summed E-state index contributed by atoms with van der Waals surface area (Å²) in [6.45, 7) is 6.48. The number of carbonyl (C=O) groups is 2. The summed E-state index contributed by atoms with van der Waals surface area (Å²) in [7, 11) is 0. The van der Waals surface area contributed by atoms with E-state index in [0.29, 0.717) is 24.7 Å². The number of fused-ring (bicyclic) bond motifs is 5. The zero-order valence-corrected chi connectivity index (χ0v) is 16.4. The molecule has 7 unspecified atom stereocenters. The zero-order valence-electron chi connectivity index (χ0n) is 16.4. The molecule has 1 amide bonds. The van der Waals surface area contributed by atoms with E-state index < -0.39 is 0 Å². The van der Waals surface area contributed by atoms with Gasteiger partial charge in [-0.3, -0.25) is 9.59 Å². The van der Waals surface area contributed by atoms with E-state index in [1.807, 2.05) is 13.0 Å². The molecular weight excluding hydrogens is 326 g/mol. The lowest BCUT2D eigenvalue weighted by Gasteiger charge is -2.59. The van der Waals surface area contributed by atoms with Crippen molar-refractivity contribution in [2.24, 2.45) is 28.6 Å². The van der Waals surface area contributed by atoms with Gasteiger partial charge in [-0.15, -0.1) is 0 Å². The van der Waals surface area contributed by atoms with Gasteiger partial charge in [0.25, 0.3) is 0 Å². The molecule has 0 aliphatic heterocycles. The number of allylic oxidation sites excluding steroid dienone is 1. The van der Waals surface area contributed by atoms with Crippen LogP contribution in [0.25, 0.3) is 0 Å². The van der Waals surface area contributed by atoms with Crippen LogP contribution in [0, 0.1) is 28.6 Å². The summed E-state index contributed by atoms with van der Waals surface area (Å²) in [5.41, 5.74) is 1.25. The van der Waals surface area contributed by atoms with Crippen molar-refractivity contribution < 1.29 is 14.7 Å². The molecule has 3 fully saturated rings.